The highest BCUT2D eigenvalue weighted by molar-refractivity contribution is 5.60. The van der Waals surface area contributed by atoms with Gasteiger partial charge < -0.3 is 5.73 Å². The van der Waals surface area contributed by atoms with Gasteiger partial charge in [0.2, 0.25) is 0 Å². The summed E-state index contributed by atoms with van der Waals surface area (Å²) in [4.78, 5) is 9.49. The van der Waals surface area contributed by atoms with Crippen molar-refractivity contribution in [1.29, 1.82) is 0 Å². The van der Waals surface area contributed by atoms with E-state index < -0.39 is 0 Å². The second-order valence-electron chi connectivity index (χ2n) is 5.15. The van der Waals surface area contributed by atoms with E-state index in [9.17, 15) is 0 Å². The summed E-state index contributed by atoms with van der Waals surface area (Å²) in [5.41, 5.74) is 11.7. The normalized spacial score (nSPS) is 14.2. The Morgan fingerprint density at radius 3 is 2.68 bits per heavy atom. The molecular weight excluding hydrogens is 234 g/mol. The van der Waals surface area contributed by atoms with E-state index in [0.29, 0.717) is 6.54 Å². The Balaban J connectivity index is 2.15. The maximum atomic E-state index is 5.87. The van der Waals surface area contributed by atoms with Crippen LogP contribution in [0.2, 0.25) is 0 Å². The van der Waals surface area contributed by atoms with E-state index in [-0.39, 0.29) is 0 Å². The standard InChI is InChI=1S/C16H19N3/c1-11-6-2-3-7-12(11)16-18-14-9-5-4-8-13(14)15(10-17)19-16/h2-3,6-7H,4-5,8-10,17H2,1H3. The molecule has 1 aliphatic carbocycles. The number of hydrogen-bond acceptors (Lipinski definition) is 3. The molecule has 1 aromatic heterocycles. The van der Waals surface area contributed by atoms with Crippen LogP contribution in [0.15, 0.2) is 24.3 Å². The summed E-state index contributed by atoms with van der Waals surface area (Å²) < 4.78 is 0. The van der Waals surface area contributed by atoms with E-state index >= 15 is 0 Å². The molecule has 1 heterocycles. The Morgan fingerprint density at radius 1 is 1.11 bits per heavy atom. The first-order valence-electron chi connectivity index (χ1n) is 6.94. The Bertz CT molecular complexity index is 588. The van der Waals surface area contributed by atoms with Gasteiger partial charge in [-0.3, -0.25) is 0 Å². The number of nitrogens with two attached hydrogens (primary N) is 1. The number of rotatable bonds is 2. The molecule has 2 N–H and O–H groups in total. The van der Waals surface area contributed by atoms with E-state index in [1.165, 1.54) is 29.7 Å². The van der Waals surface area contributed by atoms with E-state index in [4.69, 9.17) is 15.7 Å². The molecule has 0 radical (unpaired) electrons. The number of fused-ring (bicyclic) bond motifs is 1. The summed E-state index contributed by atoms with van der Waals surface area (Å²) in [5.74, 6) is 0.833. The van der Waals surface area contributed by atoms with Gasteiger partial charge in [-0.25, -0.2) is 9.97 Å². The summed E-state index contributed by atoms with van der Waals surface area (Å²) in [6, 6.07) is 8.26. The van der Waals surface area contributed by atoms with Crippen molar-refractivity contribution in [2.45, 2.75) is 39.2 Å². The lowest BCUT2D eigenvalue weighted by molar-refractivity contribution is 0.652. The zero-order chi connectivity index (χ0) is 13.2. The smallest absolute Gasteiger partial charge is 0.159 e. The third kappa shape index (κ3) is 2.26. The van der Waals surface area contributed by atoms with Crippen LogP contribution in [0.1, 0.15) is 35.4 Å². The van der Waals surface area contributed by atoms with Gasteiger partial charge >= 0.3 is 0 Å². The minimum atomic E-state index is 0.504. The quantitative estimate of drug-likeness (QED) is 0.895. The van der Waals surface area contributed by atoms with Crippen LogP contribution >= 0.6 is 0 Å². The molecule has 3 rings (SSSR count). The predicted molar refractivity (Wildman–Crippen MR) is 76.7 cm³/mol. The first-order chi connectivity index (χ1) is 9.29. The number of nitrogens with zero attached hydrogens (tertiary/aromatic N) is 2. The fourth-order valence-electron chi connectivity index (χ4n) is 2.78. The van der Waals surface area contributed by atoms with E-state index in [0.717, 1.165) is 29.9 Å². The van der Waals surface area contributed by atoms with Crippen molar-refractivity contribution >= 4 is 0 Å². The Labute approximate surface area is 113 Å². The molecule has 19 heavy (non-hydrogen) atoms. The molecule has 0 saturated carbocycles. The van der Waals surface area contributed by atoms with Crippen molar-refractivity contribution in [3.8, 4) is 11.4 Å². The fraction of sp³-hybridized carbons (Fsp3) is 0.375. The molecule has 3 heteroatoms. The van der Waals surface area contributed by atoms with Gasteiger partial charge in [0.05, 0.1) is 5.69 Å². The molecule has 0 amide bonds. The van der Waals surface area contributed by atoms with Gasteiger partial charge in [0.25, 0.3) is 0 Å². The monoisotopic (exact) mass is 253 g/mol. The van der Waals surface area contributed by atoms with Crippen molar-refractivity contribution in [3.05, 3.63) is 46.8 Å². The molecule has 3 nitrogen and oxygen atoms in total. The van der Waals surface area contributed by atoms with Gasteiger partial charge in [0.15, 0.2) is 5.82 Å². The SMILES string of the molecule is Cc1ccccc1-c1nc(CN)c2c(n1)CCCC2. The van der Waals surface area contributed by atoms with Crippen molar-refractivity contribution in [3.63, 3.8) is 0 Å². The summed E-state index contributed by atoms with van der Waals surface area (Å²) in [7, 11) is 0. The number of aromatic nitrogens is 2. The van der Waals surface area contributed by atoms with Crippen molar-refractivity contribution in [2.24, 2.45) is 5.73 Å². The fourth-order valence-corrected chi connectivity index (χ4v) is 2.78. The minimum absolute atomic E-state index is 0.504. The molecule has 0 spiro atoms. The summed E-state index contributed by atoms with van der Waals surface area (Å²) >= 11 is 0. The molecule has 0 saturated heterocycles. The first-order valence-corrected chi connectivity index (χ1v) is 6.94. The van der Waals surface area contributed by atoms with Crippen molar-refractivity contribution in [2.75, 3.05) is 0 Å². The lowest BCUT2D eigenvalue weighted by atomic mass is 9.94. The molecule has 0 unspecified atom stereocenters. The van der Waals surface area contributed by atoms with Crippen LogP contribution in [0.25, 0.3) is 11.4 Å². The molecule has 0 aliphatic heterocycles. The van der Waals surface area contributed by atoms with Crippen LogP contribution in [0.5, 0.6) is 0 Å². The Kier molecular flexibility index (Phi) is 3.30. The molecule has 0 atom stereocenters. The molecule has 1 aromatic carbocycles. The third-order valence-corrected chi connectivity index (χ3v) is 3.85. The highest BCUT2D eigenvalue weighted by Gasteiger charge is 2.17. The maximum absolute atomic E-state index is 5.87. The van der Waals surface area contributed by atoms with Gasteiger partial charge in [-0.1, -0.05) is 24.3 Å². The van der Waals surface area contributed by atoms with E-state index in [2.05, 4.69) is 19.1 Å². The summed E-state index contributed by atoms with van der Waals surface area (Å²) in [6.45, 7) is 2.60. The van der Waals surface area contributed by atoms with Crippen molar-refractivity contribution in [1.82, 2.24) is 9.97 Å². The lowest BCUT2D eigenvalue weighted by Crippen LogP contribution is -2.15. The van der Waals surface area contributed by atoms with Gasteiger partial charge in [-0.05, 0) is 43.7 Å². The largest absolute Gasteiger partial charge is 0.325 e. The van der Waals surface area contributed by atoms with Gasteiger partial charge in [-0.15, -0.1) is 0 Å². The Morgan fingerprint density at radius 2 is 1.89 bits per heavy atom. The zero-order valence-corrected chi connectivity index (χ0v) is 11.3. The third-order valence-electron chi connectivity index (χ3n) is 3.85. The van der Waals surface area contributed by atoms with Gasteiger partial charge in [0.1, 0.15) is 0 Å². The topological polar surface area (TPSA) is 51.8 Å². The molecule has 0 bridgehead atoms. The molecule has 98 valence electrons. The van der Waals surface area contributed by atoms with Gasteiger partial charge in [-0.2, -0.15) is 0 Å². The number of aryl methyl sites for hydroxylation is 2. The van der Waals surface area contributed by atoms with Crippen LogP contribution in [0, 0.1) is 6.92 Å². The second-order valence-corrected chi connectivity index (χ2v) is 5.15. The van der Waals surface area contributed by atoms with Crippen LogP contribution in [-0.4, -0.2) is 9.97 Å². The second kappa shape index (κ2) is 5.10. The van der Waals surface area contributed by atoms with Crippen molar-refractivity contribution < 1.29 is 0 Å². The van der Waals surface area contributed by atoms with Crippen LogP contribution in [0.4, 0.5) is 0 Å². The number of benzene rings is 1. The average Bonchev–Trinajstić information content (AvgIpc) is 2.46. The summed E-state index contributed by atoms with van der Waals surface area (Å²) in [5, 5.41) is 0. The summed E-state index contributed by atoms with van der Waals surface area (Å²) in [6.07, 6.45) is 4.59. The first kappa shape index (κ1) is 12.3. The van der Waals surface area contributed by atoms with E-state index in [1.807, 2.05) is 12.1 Å². The average molecular weight is 253 g/mol. The van der Waals surface area contributed by atoms with Crippen LogP contribution in [0.3, 0.4) is 0 Å². The molecule has 2 aromatic rings. The minimum Gasteiger partial charge on any atom is -0.325 e. The van der Waals surface area contributed by atoms with Crippen LogP contribution in [-0.2, 0) is 19.4 Å². The molecular formula is C16H19N3. The highest BCUT2D eigenvalue weighted by Crippen LogP contribution is 2.26. The van der Waals surface area contributed by atoms with Crippen LogP contribution < -0.4 is 5.73 Å². The maximum Gasteiger partial charge on any atom is 0.159 e. The number of hydrogen-bond donors (Lipinski definition) is 1. The lowest BCUT2D eigenvalue weighted by Gasteiger charge is -2.19. The Hall–Kier alpha value is -1.74. The van der Waals surface area contributed by atoms with Gasteiger partial charge in [0, 0.05) is 17.8 Å². The molecule has 0 fully saturated rings. The molecule has 1 aliphatic rings. The predicted octanol–water partition coefficient (Wildman–Crippen LogP) is 2.79. The zero-order valence-electron chi connectivity index (χ0n) is 11.3. The highest BCUT2D eigenvalue weighted by atomic mass is 14.9. The van der Waals surface area contributed by atoms with E-state index in [1.54, 1.807) is 0 Å².